The number of hydrogen-bond acceptors (Lipinski definition) is 3. The molecule has 0 unspecified atom stereocenters. The van der Waals surface area contributed by atoms with Gasteiger partial charge >= 0.3 is 6.09 Å². The van der Waals surface area contributed by atoms with Crippen LogP contribution in [-0.4, -0.2) is 32.4 Å². The molecule has 3 rings (SSSR count). The second kappa shape index (κ2) is 7.24. The number of halogens is 3. The molecule has 0 saturated heterocycles. The molecule has 27 heavy (non-hydrogen) atoms. The molecule has 146 valence electrons. The van der Waals surface area contributed by atoms with Crippen LogP contribution < -0.4 is 0 Å². The first-order valence-electron chi connectivity index (χ1n) is 8.72. The molecule has 2 aromatic rings. The molecular formula is C19H22ClFIN3O2. The number of carbonyl (C=O) groups excluding carboxylic acids is 1. The third-order valence-corrected chi connectivity index (χ3v) is 5.75. The summed E-state index contributed by atoms with van der Waals surface area (Å²) in [6.07, 6.45) is -0.357. The summed E-state index contributed by atoms with van der Waals surface area (Å²) >= 11 is 8.04. The van der Waals surface area contributed by atoms with E-state index in [0.717, 1.165) is 9.26 Å². The molecule has 2 atom stereocenters. The number of fused-ring (bicyclic) bond motifs is 1. The summed E-state index contributed by atoms with van der Waals surface area (Å²) in [5.74, 6) is -0.416. The van der Waals surface area contributed by atoms with E-state index >= 15 is 0 Å². The van der Waals surface area contributed by atoms with Crippen LogP contribution in [0.15, 0.2) is 18.2 Å². The largest absolute Gasteiger partial charge is 0.444 e. The van der Waals surface area contributed by atoms with E-state index in [9.17, 15) is 9.18 Å². The van der Waals surface area contributed by atoms with Crippen molar-refractivity contribution >= 4 is 40.3 Å². The molecule has 0 bridgehead atoms. The molecule has 1 amide bonds. The predicted molar refractivity (Wildman–Crippen MR) is 111 cm³/mol. The summed E-state index contributed by atoms with van der Waals surface area (Å²) in [6.45, 7) is 9.96. The average molecular weight is 506 g/mol. The number of rotatable bonds is 1. The van der Waals surface area contributed by atoms with Gasteiger partial charge < -0.3 is 4.74 Å². The first-order chi connectivity index (χ1) is 12.5. The Morgan fingerprint density at radius 2 is 2.04 bits per heavy atom. The quantitative estimate of drug-likeness (QED) is 0.471. The van der Waals surface area contributed by atoms with Gasteiger partial charge in [0, 0.05) is 10.6 Å². The molecule has 0 radical (unpaired) electrons. The smallest absolute Gasteiger partial charge is 0.411 e. The van der Waals surface area contributed by atoms with Gasteiger partial charge in [0.25, 0.3) is 0 Å². The Hall–Kier alpha value is -1.35. The van der Waals surface area contributed by atoms with Crippen molar-refractivity contribution in [3.63, 3.8) is 0 Å². The Morgan fingerprint density at radius 1 is 1.37 bits per heavy atom. The van der Waals surface area contributed by atoms with Crippen LogP contribution in [0.4, 0.5) is 9.18 Å². The van der Waals surface area contributed by atoms with E-state index in [4.69, 9.17) is 16.3 Å². The van der Waals surface area contributed by atoms with Crippen molar-refractivity contribution in [3.05, 3.63) is 38.3 Å². The number of aromatic nitrogens is 2. The SMILES string of the molecule is C[C@@H]1Cn2nc(-c3ccc(Cl)cc3F)c(I)c2[C@@H](C)N1C(=O)OC(C)(C)C. The van der Waals surface area contributed by atoms with E-state index in [1.807, 2.05) is 39.3 Å². The van der Waals surface area contributed by atoms with E-state index in [1.165, 1.54) is 6.07 Å². The number of benzene rings is 1. The van der Waals surface area contributed by atoms with Crippen molar-refractivity contribution in [3.8, 4) is 11.3 Å². The minimum atomic E-state index is -0.570. The highest BCUT2D eigenvalue weighted by Crippen LogP contribution is 2.38. The first kappa shape index (κ1) is 20.4. The summed E-state index contributed by atoms with van der Waals surface area (Å²) in [7, 11) is 0. The lowest BCUT2D eigenvalue weighted by atomic mass is 10.1. The second-order valence-corrected chi connectivity index (χ2v) is 9.28. The fourth-order valence-corrected chi connectivity index (χ4v) is 4.64. The molecule has 8 heteroatoms. The average Bonchev–Trinajstić information content (AvgIpc) is 2.82. The highest BCUT2D eigenvalue weighted by molar-refractivity contribution is 14.1. The molecule has 1 aliphatic rings. The highest BCUT2D eigenvalue weighted by atomic mass is 127. The monoisotopic (exact) mass is 505 g/mol. The van der Waals surface area contributed by atoms with E-state index < -0.39 is 11.4 Å². The first-order valence-corrected chi connectivity index (χ1v) is 10.2. The summed E-state index contributed by atoms with van der Waals surface area (Å²) in [5.41, 5.74) is 1.27. The van der Waals surface area contributed by atoms with Gasteiger partial charge in [-0.1, -0.05) is 11.6 Å². The Labute approximate surface area is 177 Å². The molecule has 5 nitrogen and oxygen atoms in total. The number of ether oxygens (including phenoxy) is 1. The standard InChI is InChI=1S/C19H22ClFIN3O2/c1-10-9-24-17(11(2)25(10)18(26)27-19(3,4)5)15(22)16(23-24)13-7-6-12(20)8-14(13)21/h6-8,10-11H,9H2,1-5H3/t10-,11-/m1/s1. The molecule has 0 spiro atoms. The van der Waals surface area contributed by atoms with Crippen LogP contribution >= 0.6 is 34.2 Å². The van der Waals surface area contributed by atoms with Crippen LogP contribution in [0.5, 0.6) is 0 Å². The van der Waals surface area contributed by atoms with Crippen molar-refractivity contribution in [2.24, 2.45) is 0 Å². The van der Waals surface area contributed by atoms with Crippen molar-refractivity contribution in [2.45, 2.75) is 58.8 Å². The summed E-state index contributed by atoms with van der Waals surface area (Å²) in [5, 5.41) is 4.97. The van der Waals surface area contributed by atoms with E-state index in [2.05, 4.69) is 27.7 Å². The summed E-state index contributed by atoms with van der Waals surface area (Å²) in [4.78, 5) is 14.4. The van der Waals surface area contributed by atoms with Gasteiger partial charge in [0.2, 0.25) is 0 Å². The molecular weight excluding hydrogens is 484 g/mol. The number of nitrogens with zero attached hydrogens (tertiary/aromatic N) is 3. The number of carbonyl (C=O) groups is 1. The molecule has 0 saturated carbocycles. The highest BCUT2D eigenvalue weighted by Gasteiger charge is 2.38. The summed E-state index contributed by atoms with van der Waals surface area (Å²) < 4.78 is 22.7. The Morgan fingerprint density at radius 3 is 2.63 bits per heavy atom. The van der Waals surface area contributed by atoms with Gasteiger partial charge in [-0.3, -0.25) is 9.58 Å². The molecule has 0 N–H and O–H groups in total. The lowest BCUT2D eigenvalue weighted by Gasteiger charge is -2.39. The minimum Gasteiger partial charge on any atom is -0.444 e. The zero-order valence-corrected chi connectivity index (χ0v) is 18.8. The zero-order chi connectivity index (χ0) is 20.1. The zero-order valence-electron chi connectivity index (χ0n) is 15.9. The lowest BCUT2D eigenvalue weighted by molar-refractivity contribution is -0.000433. The van der Waals surface area contributed by atoms with Crippen LogP contribution in [0, 0.1) is 9.39 Å². The van der Waals surface area contributed by atoms with Crippen LogP contribution in [0.1, 0.15) is 46.4 Å². The maximum Gasteiger partial charge on any atom is 0.411 e. The van der Waals surface area contributed by atoms with E-state index in [-0.39, 0.29) is 18.2 Å². The molecule has 1 aromatic carbocycles. The van der Waals surface area contributed by atoms with Crippen LogP contribution in [0.3, 0.4) is 0 Å². The number of hydrogen-bond donors (Lipinski definition) is 0. The Balaban J connectivity index is 2.02. The molecule has 2 heterocycles. The minimum absolute atomic E-state index is 0.0963. The Kier molecular flexibility index (Phi) is 5.46. The van der Waals surface area contributed by atoms with Crippen LogP contribution in [-0.2, 0) is 11.3 Å². The fraction of sp³-hybridized carbons (Fsp3) is 0.474. The van der Waals surface area contributed by atoms with Gasteiger partial charge in [0.1, 0.15) is 17.1 Å². The molecule has 0 aliphatic carbocycles. The normalized spacial score (nSPS) is 19.8. The van der Waals surface area contributed by atoms with Gasteiger partial charge in [-0.25, -0.2) is 9.18 Å². The Bertz CT molecular complexity index is 894. The fourth-order valence-electron chi connectivity index (χ4n) is 3.35. The van der Waals surface area contributed by atoms with Gasteiger partial charge in [-0.15, -0.1) is 0 Å². The van der Waals surface area contributed by atoms with Gasteiger partial charge in [-0.05, 0) is 75.4 Å². The second-order valence-electron chi connectivity index (χ2n) is 7.77. The van der Waals surface area contributed by atoms with Crippen molar-refractivity contribution in [2.75, 3.05) is 0 Å². The van der Waals surface area contributed by atoms with E-state index in [0.29, 0.717) is 22.8 Å². The maximum absolute atomic E-state index is 14.4. The van der Waals surface area contributed by atoms with Crippen LogP contribution in [0.25, 0.3) is 11.3 Å². The van der Waals surface area contributed by atoms with Gasteiger partial charge in [0.05, 0.1) is 27.9 Å². The summed E-state index contributed by atoms with van der Waals surface area (Å²) in [6, 6.07) is 4.22. The van der Waals surface area contributed by atoms with Gasteiger partial charge in [0.15, 0.2) is 0 Å². The molecule has 1 aliphatic heterocycles. The molecule has 0 fully saturated rings. The van der Waals surface area contributed by atoms with Crippen molar-refractivity contribution in [1.29, 1.82) is 0 Å². The third-order valence-electron chi connectivity index (χ3n) is 4.45. The predicted octanol–water partition coefficient (Wildman–Crippen LogP) is 5.65. The molecule has 1 aromatic heterocycles. The van der Waals surface area contributed by atoms with Crippen molar-refractivity contribution in [1.82, 2.24) is 14.7 Å². The van der Waals surface area contributed by atoms with Crippen LogP contribution in [0.2, 0.25) is 5.02 Å². The topological polar surface area (TPSA) is 47.4 Å². The van der Waals surface area contributed by atoms with Crippen molar-refractivity contribution < 1.29 is 13.9 Å². The third kappa shape index (κ3) is 3.94. The van der Waals surface area contributed by atoms with Gasteiger partial charge in [-0.2, -0.15) is 5.10 Å². The lowest BCUT2D eigenvalue weighted by Crippen LogP contribution is -2.49. The maximum atomic E-state index is 14.4. The van der Waals surface area contributed by atoms with E-state index in [1.54, 1.807) is 17.0 Å². The number of amides is 1.